The van der Waals surface area contributed by atoms with Crippen molar-refractivity contribution in [3.05, 3.63) is 65.0 Å². The number of nitrogens with zero attached hydrogens (tertiary/aromatic N) is 3. The molecule has 0 aliphatic carbocycles. The summed E-state index contributed by atoms with van der Waals surface area (Å²) in [6.07, 6.45) is 2.04. The normalized spacial score (nSPS) is 15.2. The molecule has 5 heteroatoms. The van der Waals surface area contributed by atoms with Crippen molar-refractivity contribution in [2.45, 2.75) is 26.3 Å². The van der Waals surface area contributed by atoms with Crippen molar-refractivity contribution in [1.29, 1.82) is 0 Å². The van der Waals surface area contributed by atoms with Crippen LogP contribution in [-0.4, -0.2) is 33.7 Å². The molecule has 2 heterocycles. The second-order valence-corrected chi connectivity index (χ2v) is 7.30. The van der Waals surface area contributed by atoms with Gasteiger partial charge in [-0.05, 0) is 35.6 Å². The molecule has 0 bridgehead atoms. The molecule has 3 aromatic rings. The van der Waals surface area contributed by atoms with Crippen molar-refractivity contribution >= 4 is 16.7 Å². The highest BCUT2D eigenvalue weighted by atomic mass is 16.2. The van der Waals surface area contributed by atoms with Gasteiger partial charge in [0.1, 0.15) is 6.54 Å². The molecule has 138 valence electrons. The third kappa shape index (κ3) is 3.63. The van der Waals surface area contributed by atoms with Crippen LogP contribution in [0.5, 0.6) is 0 Å². The molecule has 1 amide bonds. The molecule has 2 aromatic carbocycles. The van der Waals surface area contributed by atoms with E-state index in [9.17, 15) is 9.59 Å². The largest absolute Gasteiger partial charge is 0.341 e. The Hall–Kier alpha value is -2.95. The minimum absolute atomic E-state index is 0.00811. The van der Waals surface area contributed by atoms with Gasteiger partial charge in [-0.15, -0.1) is 0 Å². The molecule has 4 rings (SSSR count). The van der Waals surface area contributed by atoms with E-state index >= 15 is 0 Å². The average Bonchev–Trinajstić information content (AvgIpc) is 2.70. The maximum absolute atomic E-state index is 12.6. The first kappa shape index (κ1) is 17.5. The van der Waals surface area contributed by atoms with Crippen LogP contribution in [0.25, 0.3) is 22.0 Å². The first-order valence-corrected chi connectivity index (χ1v) is 9.46. The fourth-order valence-corrected chi connectivity index (χ4v) is 3.64. The summed E-state index contributed by atoms with van der Waals surface area (Å²) in [6.45, 7) is 3.73. The summed E-state index contributed by atoms with van der Waals surface area (Å²) in [5, 5.41) is 6.70. The van der Waals surface area contributed by atoms with Gasteiger partial charge >= 0.3 is 0 Å². The number of piperidine rings is 1. The number of likely N-dealkylation sites (tertiary alicyclic amines) is 1. The van der Waals surface area contributed by atoms with Gasteiger partial charge in [-0.25, -0.2) is 4.68 Å². The van der Waals surface area contributed by atoms with Crippen molar-refractivity contribution in [3.8, 4) is 11.3 Å². The number of amides is 1. The maximum Gasteiger partial charge on any atom is 0.267 e. The van der Waals surface area contributed by atoms with Crippen molar-refractivity contribution in [1.82, 2.24) is 14.7 Å². The molecule has 5 nitrogen and oxygen atoms in total. The molecule has 0 saturated carbocycles. The zero-order valence-corrected chi connectivity index (χ0v) is 15.5. The van der Waals surface area contributed by atoms with Crippen LogP contribution >= 0.6 is 0 Å². The van der Waals surface area contributed by atoms with Gasteiger partial charge in [0.25, 0.3) is 5.56 Å². The third-order valence-corrected chi connectivity index (χ3v) is 5.35. The molecule has 27 heavy (non-hydrogen) atoms. The highest BCUT2D eigenvalue weighted by Gasteiger charge is 2.21. The fourth-order valence-electron chi connectivity index (χ4n) is 3.64. The van der Waals surface area contributed by atoms with Gasteiger partial charge in [-0.1, -0.05) is 49.4 Å². The third-order valence-electron chi connectivity index (χ3n) is 5.35. The Morgan fingerprint density at radius 2 is 1.78 bits per heavy atom. The van der Waals surface area contributed by atoms with Crippen LogP contribution < -0.4 is 5.56 Å². The first-order valence-electron chi connectivity index (χ1n) is 9.46. The lowest BCUT2D eigenvalue weighted by molar-refractivity contribution is -0.133. The summed E-state index contributed by atoms with van der Waals surface area (Å²) < 4.78 is 1.29. The summed E-state index contributed by atoms with van der Waals surface area (Å²) in [7, 11) is 0. The summed E-state index contributed by atoms with van der Waals surface area (Å²) in [5.41, 5.74) is 1.41. The predicted molar refractivity (Wildman–Crippen MR) is 106 cm³/mol. The zero-order chi connectivity index (χ0) is 18.8. The Balaban J connectivity index is 1.64. The Labute approximate surface area is 158 Å². The predicted octanol–water partition coefficient (Wildman–Crippen LogP) is 3.32. The monoisotopic (exact) mass is 361 g/mol. The minimum Gasteiger partial charge on any atom is -0.341 e. The van der Waals surface area contributed by atoms with Crippen LogP contribution in [0.4, 0.5) is 0 Å². The number of fused-ring (bicyclic) bond motifs is 1. The van der Waals surface area contributed by atoms with E-state index in [1.807, 2.05) is 35.2 Å². The lowest BCUT2D eigenvalue weighted by Crippen LogP contribution is -2.41. The molecule has 0 spiro atoms. The molecule has 1 aliphatic rings. The molecule has 1 aromatic heterocycles. The number of aromatic nitrogens is 2. The second-order valence-electron chi connectivity index (χ2n) is 7.30. The molecule has 0 N–H and O–H groups in total. The van der Waals surface area contributed by atoms with E-state index in [1.54, 1.807) is 6.07 Å². The van der Waals surface area contributed by atoms with Crippen molar-refractivity contribution < 1.29 is 4.79 Å². The van der Waals surface area contributed by atoms with Gasteiger partial charge in [0.2, 0.25) is 5.91 Å². The Bertz CT molecular complexity index is 1030. The molecule has 0 unspecified atom stereocenters. The maximum atomic E-state index is 12.6. The van der Waals surface area contributed by atoms with Crippen LogP contribution in [0.15, 0.2) is 59.4 Å². The number of benzene rings is 2. The van der Waals surface area contributed by atoms with Crippen LogP contribution in [-0.2, 0) is 11.3 Å². The quantitative estimate of drug-likeness (QED) is 0.719. The lowest BCUT2D eigenvalue weighted by atomic mass is 9.99. The van der Waals surface area contributed by atoms with Gasteiger partial charge in [-0.3, -0.25) is 9.59 Å². The van der Waals surface area contributed by atoms with E-state index in [4.69, 9.17) is 0 Å². The summed E-state index contributed by atoms with van der Waals surface area (Å²) in [5.74, 6) is 0.621. The van der Waals surface area contributed by atoms with Crippen molar-refractivity contribution in [2.24, 2.45) is 5.92 Å². The summed E-state index contributed by atoms with van der Waals surface area (Å²) >= 11 is 0. The molecule has 1 saturated heterocycles. The Morgan fingerprint density at radius 1 is 1.04 bits per heavy atom. The van der Waals surface area contributed by atoms with E-state index in [2.05, 4.69) is 24.2 Å². The Kier molecular flexibility index (Phi) is 4.75. The first-order chi connectivity index (χ1) is 13.1. The zero-order valence-electron chi connectivity index (χ0n) is 15.5. The highest BCUT2D eigenvalue weighted by molar-refractivity contribution is 5.95. The Morgan fingerprint density at radius 3 is 2.59 bits per heavy atom. The van der Waals surface area contributed by atoms with E-state index < -0.39 is 0 Å². The number of hydrogen-bond donors (Lipinski definition) is 0. The fraction of sp³-hybridized carbons (Fsp3) is 0.318. The molecule has 1 fully saturated rings. The van der Waals surface area contributed by atoms with Crippen LogP contribution in [0.1, 0.15) is 19.8 Å². The molecule has 0 atom stereocenters. The molecule has 0 radical (unpaired) electrons. The van der Waals surface area contributed by atoms with Gasteiger partial charge in [0.15, 0.2) is 0 Å². The van der Waals surface area contributed by atoms with Gasteiger partial charge in [0.05, 0.1) is 5.69 Å². The minimum atomic E-state index is -0.252. The number of carbonyl (C=O) groups excluding carboxylic acids is 1. The molecule has 1 aliphatic heterocycles. The van der Waals surface area contributed by atoms with E-state index in [1.165, 1.54) is 10.7 Å². The van der Waals surface area contributed by atoms with E-state index in [-0.39, 0.29) is 18.0 Å². The highest BCUT2D eigenvalue weighted by Crippen LogP contribution is 2.26. The SMILES string of the molecule is CC1CCN(C(=O)Cn2nc(-c3cccc4ccccc34)ccc2=O)CC1. The second kappa shape index (κ2) is 7.35. The van der Waals surface area contributed by atoms with E-state index in [0.717, 1.165) is 42.3 Å². The van der Waals surface area contributed by atoms with Crippen molar-refractivity contribution in [2.75, 3.05) is 13.1 Å². The number of rotatable bonds is 3. The smallest absolute Gasteiger partial charge is 0.267 e. The molecular formula is C22H23N3O2. The van der Waals surface area contributed by atoms with Gasteiger partial charge < -0.3 is 4.90 Å². The standard InChI is InChI=1S/C22H23N3O2/c1-16-11-13-24(14-12-16)22(27)15-25-21(26)10-9-20(23-25)19-8-4-6-17-5-2-3-7-18(17)19/h2-10,16H,11-15H2,1H3. The number of carbonyl (C=O) groups is 1. The lowest BCUT2D eigenvalue weighted by Gasteiger charge is -2.30. The van der Waals surface area contributed by atoms with Crippen LogP contribution in [0, 0.1) is 5.92 Å². The number of hydrogen-bond acceptors (Lipinski definition) is 3. The van der Waals surface area contributed by atoms with Crippen LogP contribution in [0.2, 0.25) is 0 Å². The summed E-state index contributed by atoms with van der Waals surface area (Å²) in [6, 6.07) is 17.3. The topological polar surface area (TPSA) is 55.2 Å². The molecular weight excluding hydrogens is 338 g/mol. The van der Waals surface area contributed by atoms with E-state index in [0.29, 0.717) is 11.6 Å². The summed E-state index contributed by atoms with van der Waals surface area (Å²) in [4.78, 5) is 26.7. The van der Waals surface area contributed by atoms with Gasteiger partial charge in [0, 0.05) is 24.7 Å². The van der Waals surface area contributed by atoms with Gasteiger partial charge in [-0.2, -0.15) is 5.10 Å². The average molecular weight is 361 g/mol. The van der Waals surface area contributed by atoms with Crippen LogP contribution in [0.3, 0.4) is 0 Å². The van der Waals surface area contributed by atoms with Crippen molar-refractivity contribution in [3.63, 3.8) is 0 Å².